The van der Waals surface area contributed by atoms with Gasteiger partial charge in [-0.15, -0.1) is 0 Å². The lowest BCUT2D eigenvalue weighted by atomic mass is 9.95. The van der Waals surface area contributed by atoms with E-state index in [-0.39, 0.29) is 6.10 Å². The lowest BCUT2D eigenvalue weighted by Gasteiger charge is -2.32. The summed E-state index contributed by atoms with van der Waals surface area (Å²) in [5.41, 5.74) is 0.675. The summed E-state index contributed by atoms with van der Waals surface area (Å²) in [4.78, 5) is 1.22. The highest BCUT2D eigenvalue weighted by atomic mass is 33.1. The molecule has 0 aromatic heterocycles. The maximum atomic E-state index is 13.5. The highest BCUT2D eigenvalue weighted by molar-refractivity contribution is 8.76. The maximum Gasteiger partial charge on any atom is 0.475 e. The van der Waals surface area contributed by atoms with E-state index in [9.17, 15) is 4.57 Å². The topological polar surface area (TPSA) is 44.8 Å². The fourth-order valence-electron chi connectivity index (χ4n) is 3.03. The van der Waals surface area contributed by atoms with E-state index in [1.807, 2.05) is 37.6 Å². The molecular weight excluding hydrogens is 447 g/mol. The van der Waals surface area contributed by atoms with Crippen LogP contribution in [-0.4, -0.2) is 23.6 Å². The van der Waals surface area contributed by atoms with Gasteiger partial charge in [-0.2, -0.15) is 0 Å². The molecule has 31 heavy (non-hydrogen) atoms. The van der Waals surface area contributed by atoms with Crippen molar-refractivity contribution >= 4 is 29.4 Å². The number of hydrogen-bond acceptors (Lipinski definition) is 6. The van der Waals surface area contributed by atoms with Gasteiger partial charge in [0.2, 0.25) is 0 Å². The summed E-state index contributed by atoms with van der Waals surface area (Å²) in [6.45, 7) is 14.7. The second kappa shape index (κ2) is 15.0. The highest BCUT2D eigenvalue weighted by Gasteiger charge is 2.37. The molecule has 1 rings (SSSR count). The van der Waals surface area contributed by atoms with E-state index >= 15 is 0 Å². The van der Waals surface area contributed by atoms with E-state index in [2.05, 4.69) is 45.9 Å². The minimum atomic E-state index is -3.66. The van der Waals surface area contributed by atoms with E-state index in [1.54, 1.807) is 10.8 Å². The monoisotopic (exact) mass is 490 g/mol. The second-order valence-corrected chi connectivity index (χ2v) is 13.1. The van der Waals surface area contributed by atoms with Gasteiger partial charge in [0.25, 0.3) is 0 Å². The van der Waals surface area contributed by atoms with Crippen LogP contribution in [0.5, 0.6) is 0 Å². The number of phosphoric ester groups is 1. The van der Waals surface area contributed by atoms with Crippen LogP contribution in [-0.2, 0) is 24.6 Å². The molecule has 0 saturated carbocycles. The van der Waals surface area contributed by atoms with Crippen LogP contribution in [0.25, 0.3) is 0 Å². The molecule has 1 aromatic carbocycles. The Bertz CT molecular complexity index is 669. The first-order valence-corrected chi connectivity index (χ1v) is 15.4. The van der Waals surface area contributed by atoms with Crippen LogP contribution >= 0.6 is 29.4 Å². The molecule has 1 aromatic rings. The summed E-state index contributed by atoms with van der Waals surface area (Å²) in [6.07, 6.45) is 6.66. The molecule has 0 spiro atoms. The molecule has 0 N–H and O–H groups in total. The Hall–Kier alpha value is 0.0300. The number of phosphoric acid groups is 1. The standard InChI is InChI=1S/C24H43O4PS2/c1-8-10-11-14-18-24(7,9-2)28-29(25,27-20(3)4)26-19-17-22-15-12-13-16-23(22)31-30-21(5)6/h12-13,15-16,20-21H,8-11,14,17-19H2,1-7H3. The van der Waals surface area contributed by atoms with Crippen LogP contribution < -0.4 is 0 Å². The van der Waals surface area contributed by atoms with Crippen molar-refractivity contribution < 1.29 is 18.1 Å². The number of benzene rings is 1. The molecule has 0 aliphatic heterocycles. The van der Waals surface area contributed by atoms with Crippen molar-refractivity contribution in [3.8, 4) is 0 Å². The first kappa shape index (κ1) is 29.1. The van der Waals surface area contributed by atoms with E-state index in [1.165, 1.54) is 23.3 Å². The zero-order valence-electron chi connectivity index (χ0n) is 20.5. The molecule has 2 atom stereocenters. The van der Waals surface area contributed by atoms with Gasteiger partial charge < -0.3 is 0 Å². The second-order valence-electron chi connectivity index (χ2n) is 8.73. The number of rotatable bonds is 17. The van der Waals surface area contributed by atoms with E-state index in [4.69, 9.17) is 13.6 Å². The quantitative estimate of drug-likeness (QED) is 0.123. The predicted molar refractivity (Wildman–Crippen MR) is 137 cm³/mol. The normalized spacial score (nSPS) is 15.9. The fourth-order valence-corrected chi connectivity index (χ4v) is 6.86. The SMILES string of the molecule is CCCCCCC(C)(CC)OP(=O)(OCCc1ccccc1SSC(C)C)OC(C)C. The van der Waals surface area contributed by atoms with Crippen LogP contribution in [0.1, 0.15) is 92.6 Å². The van der Waals surface area contributed by atoms with Crippen LogP contribution in [0.3, 0.4) is 0 Å². The minimum Gasteiger partial charge on any atom is -0.287 e. The predicted octanol–water partition coefficient (Wildman–Crippen LogP) is 9.08. The molecule has 180 valence electrons. The molecule has 0 radical (unpaired) electrons. The maximum absolute atomic E-state index is 13.5. The van der Waals surface area contributed by atoms with Crippen molar-refractivity contribution in [2.75, 3.05) is 6.61 Å². The third-order valence-electron chi connectivity index (χ3n) is 4.90. The van der Waals surface area contributed by atoms with Crippen LogP contribution in [0.2, 0.25) is 0 Å². The van der Waals surface area contributed by atoms with Crippen molar-refractivity contribution in [2.24, 2.45) is 0 Å². The molecule has 0 fully saturated rings. The molecule has 2 unspecified atom stereocenters. The van der Waals surface area contributed by atoms with Gasteiger partial charge in [0.05, 0.1) is 18.3 Å². The summed E-state index contributed by atoms with van der Waals surface area (Å²) < 4.78 is 31.2. The Morgan fingerprint density at radius 3 is 2.39 bits per heavy atom. The van der Waals surface area contributed by atoms with E-state index in [0.717, 1.165) is 25.7 Å². The summed E-state index contributed by atoms with van der Waals surface area (Å²) in [6, 6.07) is 8.31. The molecule has 0 aliphatic carbocycles. The summed E-state index contributed by atoms with van der Waals surface area (Å²) in [5, 5.41) is 0.548. The van der Waals surface area contributed by atoms with Gasteiger partial charge >= 0.3 is 7.82 Å². The van der Waals surface area contributed by atoms with Crippen LogP contribution in [0, 0.1) is 0 Å². The Morgan fingerprint density at radius 1 is 1.06 bits per heavy atom. The van der Waals surface area contributed by atoms with Crippen molar-refractivity contribution in [1.29, 1.82) is 0 Å². The zero-order valence-corrected chi connectivity index (χ0v) is 23.0. The molecule has 0 amide bonds. The van der Waals surface area contributed by atoms with Crippen LogP contribution in [0.4, 0.5) is 0 Å². The smallest absolute Gasteiger partial charge is 0.287 e. The Kier molecular flexibility index (Phi) is 14.1. The van der Waals surface area contributed by atoms with Crippen molar-refractivity contribution in [3.05, 3.63) is 29.8 Å². The Labute approximate surface area is 199 Å². The summed E-state index contributed by atoms with van der Waals surface area (Å²) in [7, 11) is -0.0449. The fraction of sp³-hybridized carbons (Fsp3) is 0.750. The zero-order chi connectivity index (χ0) is 23.3. The molecular formula is C24H43O4PS2. The molecule has 4 nitrogen and oxygen atoms in total. The van der Waals surface area contributed by atoms with Crippen molar-refractivity contribution in [3.63, 3.8) is 0 Å². The van der Waals surface area contributed by atoms with Gasteiger partial charge in [-0.25, -0.2) is 4.57 Å². The van der Waals surface area contributed by atoms with Crippen molar-refractivity contribution in [2.45, 2.75) is 115 Å². The summed E-state index contributed by atoms with van der Waals surface area (Å²) >= 11 is 0. The van der Waals surface area contributed by atoms with Crippen LogP contribution in [0.15, 0.2) is 29.2 Å². The highest BCUT2D eigenvalue weighted by Crippen LogP contribution is 2.55. The van der Waals surface area contributed by atoms with E-state index < -0.39 is 13.4 Å². The van der Waals surface area contributed by atoms with E-state index in [0.29, 0.717) is 18.3 Å². The number of unbranched alkanes of at least 4 members (excludes halogenated alkanes) is 3. The van der Waals surface area contributed by atoms with Gasteiger partial charge in [0.15, 0.2) is 0 Å². The number of hydrogen-bond donors (Lipinski definition) is 0. The average molecular weight is 491 g/mol. The van der Waals surface area contributed by atoms with Gasteiger partial charge in [-0.05, 0) is 51.7 Å². The Morgan fingerprint density at radius 2 is 1.77 bits per heavy atom. The van der Waals surface area contributed by atoms with Gasteiger partial charge in [0.1, 0.15) is 0 Å². The molecule has 0 saturated heterocycles. The van der Waals surface area contributed by atoms with Gasteiger partial charge in [0, 0.05) is 10.1 Å². The average Bonchev–Trinajstić information content (AvgIpc) is 2.69. The first-order valence-electron chi connectivity index (χ1n) is 11.7. The third-order valence-corrected chi connectivity index (χ3v) is 9.79. The summed E-state index contributed by atoms with van der Waals surface area (Å²) in [5.74, 6) is 0. The minimum absolute atomic E-state index is 0.239. The lowest BCUT2D eigenvalue weighted by Crippen LogP contribution is -2.28. The largest absolute Gasteiger partial charge is 0.475 e. The lowest BCUT2D eigenvalue weighted by molar-refractivity contribution is 0.00271. The van der Waals surface area contributed by atoms with Gasteiger partial charge in [-0.1, -0.05) is 93.2 Å². The first-order chi connectivity index (χ1) is 14.6. The third kappa shape index (κ3) is 12.2. The molecule has 0 aliphatic rings. The Balaban J connectivity index is 2.78. The molecule has 7 heteroatoms. The van der Waals surface area contributed by atoms with Crippen molar-refractivity contribution in [1.82, 2.24) is 0 Å². The molecule has 0 heterocycles. The van der Waals surface area contributed by atoms with Gasteiger partial charge in [-0.3, -0.25) is 13.6 Å². The molecule has 0 bridgehead atoms.